The van der Waals surface area contributed by atoms with E-state index in [1.807, 2.05) is 6.07 Å². The Kier molecular flexibility index (Phi) is 5.29. The predicted molar refractivity (Wildman–Crippen MR) is 71.4 cm³/mol. The van der Waals surface area contributed by atoms with E-state index in [-0.39, 0.29) is 18.4 Å². The highest BCUT2D eigenvalue weighted by Gasteiger charge is 2.22. The molecule has 1 fully saturated rings. The minimum absolute atomic E-state index is 0. The topological polar surface area (TPSA) is 55.1 Å². The normalized spacial score (nSPS) is 23.5. The molecular weight excluding hydrogens is 236 g/mol. The summed E-state index contributed by atoms with van der Waals surface area (Å²) in [5.41, 5.74) is 6.54. The zero-order valence-corrected chi connectivity index (χ0v) is 10.6. The van der Waals surface area contributed by atoms with Crippen molar-refractivity contribution >= 4 is 18.4 Å². The molecule has 2 rings (SSSR count). The fourth-order valence-corrected chi connectivity index (χ4v) is 2.50. The molecule has 3 nitrogen and oxygen atoms in total. The molecule has 0 aliphatic heterocycles. The van der Waals surface area contributed by atoms with Crippen molar-refractivity contribution in [1.82, 2.24) is 5.32 Å². The second-order valence-electron chi connectivity index (χ2n) is 4.47. The Bertz CT molecular complexity index is 348. The van der Waals surface area contributed by atoms with E-state index in [0.717, 1.165) is 25.7 Å². The molecule has 17 heavy (non-hydrogen) atoms. The monoisotopic (exact) mass is 254 g/mol. The van der Waals surface area contributed by atoms with Crippen LogP contribution < -0.4 is 11.1 Å². The smallest absolute Gasteiger partial charge is 0.312 e. The summed E-state index contributed by atoms with van der Waals surface area (Å²) in [6, 6.07) is 10.5. The third-order valence-corrected chi connectivity index (χ3v) is 3.34. The second kappa shape index (κ2) is 6.50. The second-order valence-corrected chi connectivity index (χ2v) is 4.47. The number of benzene rings is 1. The van der Waals surface area contributed by atoms with Gasteiger partial charge in [0.1, 0.15) is 0 Å². The van der Waals surface area contributed by atoms with Gasteiger partial charge in [0, 0.05) is 6.04 Å². The van der Waals surface area contributed by atoms with Crippen molar-refractivity contribution in [1.29, 1.82) is 0 Å². The summed E-state index contributed by atoms with van der Waals surface area (Å²) in [5, 5.41) is 2.79. The average molecular weight is 255 g/mol. The Hall–Kier alpha value is -1.22. The van der Waals surface area contributed by atoms with Gasteiger partial charge in [-0.2, -0.15) is 0 Å². The van der Waals surface area contributed by atoms with Gasteiger partial charge < -0.3 is 11.1 Å². The molecular formula is C13H19ClN2O. The minimum Gasteiger partial charge on any atom is -0.352 e. The van der Waals surface area contributed by atoms with Gasteiger partial charge in [-0.15, -0.1) is 12.4 Å². The van der Waals surface area contributed by atoms with Crippen LogP contribution in [-0.2, 0) is 0 Å². The molecule has 1 aliphatic carbocycles. The Balaban J connectivity index is 0.00000144. The van der Waals surface area contributed by atoms with Crippen LogP contribution in [0.1, 0.15) is 37.2 Å². The lowest BCUT2D eigenvalue weighted by atomic mass is 9.82. The summed E-state index contributed by atoms with van der Waals surface area (Å²) in [4.78, 5) is 10.7. The van der Waals surface area contributed by atoms with Crippen molar-refractivity contribution in [3.63, 3.8) is 0 Å². The lowest BCUT2D eigenvalue weighted by molar-refractivity contribution is 0.239. The molecule has 1 aliphatic rings. The average Bonchev–Trinajstić information content (AvgIpc) is 2.30. The van der Waals surface area contributed by atoms with Gasteiger partial charge >= 0.3 is 6.03 Å². The first-order valence-corrected chi connectivity index (χ1v) is 5.86. The van der Waals surface area contributed by atoms with Gasteiger partial charge in [-0.25, -0.2) is 4.79 Å². The van der Waals surface area contributed by atoms with Gasteiger partial charge in [-0.1, -0.05) is 30.3 Å². The van der Waals surface area contributed by atoms with Gasteiger partial charge in [-0.05, 0) is 37.2 Å². The third kappa shape index (κ3) is 3.93. The highest BCUT2D eigenvalue weighted by atomic mass is 35.5. The van der Waals surface area contributed by atoms with E-state index < -0.39 is 6.03 Å². The zero-order chi connectivity index (χ0) is 11.4. The van der Waals surface area contributed by atoms with E-state index in [9.17, 15) is 4.79 Å². The maximum atomic E-state index is 10.7. The highest BCUT2D eigenvalue weighted by Crippen LogP contribution is 2.32. The number of primary amides is 1. The van der Waals surface area contributed by atoms with Crippen LogP contribution in [0, 0.1) is 0 Å². The molecule has 0 aromatic heterocycles. The molecule has 0 spiro atoms. The minimum atomic E-state index is -0.400. The number of hydrogen-bond acceptors (Lipinski definition) is 1. The van der Waals surface area contributed by atoms with Gasteiger partial charge in [0.05, 0.1) is 0 Å². The fraction of sp³-hybridized carbons (Fsp3) is 0.462. The van der Waals surface area contributed by atoms with E-state index in [0.29, 0.717) is 5.92 Å². The van der Waals surface area contributed by atoms with Crippen molar-refractivity contribution in [3.05, 3.63) is 35.9 Å². The van der Waals surface area contributed by atoms with E-state index >= 15 is 0 Å². The SMILES string of the molecule is Cl.NC(=O)NC1CCC(c2ccccc2)CC1. The van der Waals surface area contributed by atoms with Crippen LogP contribution in [-0.4, -0.2) is 12.1 Å². The van der Waals surface area contributed by atoms with Crippen molar-refractivity contribution in [2.45, 2.75) is 37.6 Å². The standard InChI is InChI=1S/C13H18N2O.ClH/c14-13(16)15-12-8-6-11(7-9-12)10-4-2-1-3-5-10;/h1-5,11-12H,6-9H2,(H3,14,15,16);1H. The molecule has 1 aromatic rings. The van der Waals surface area contributed by atoms with Crippen LogP contribution in [0.5, 0.6) is 0 Å². The molecule has 4 heteroatoms. The predicted octanol–water partition coefficient (Wildman–Crippen LogP) is 2.80. The number of rotatable bonds is 2. The van der Waals surface area contributed by atoms with E-state index in [1.165, 1.54) is 5.56 Å². The first-order chi connectivity index (χ1) is 7.75. The highest BCUT2D eigenvalue weighted by molar-refractivity contribution is 5.85. The molecule has 94 valence electrons. The molecule has 3 N–H and O–H groups in total. The molecule has 0 saturated heterocycles. The fourth-order valence-electron chi connectivity index (χ4n) is 2.50. The summed E-state index contributed by atoms with van der Waals surface area (Å²) in [6.45, 7) is 0. The molecule has 2 amide bonds. The number of nitrogens with one attached hydrogen (secondary N) is 1. The lowest BCUT2D eigenvalue weighted by Gasteiger charge is -2.28. The van der Waals surface area contributed by atoms with Gasteiger partial charge in [0.2, 0.25) is 0 Å². The van der Waals surface area contributed by atoms with Crippen LogP contribution in [0.2, 0.25) is 0 Å². The molecule has 0 bridgehead atoms. The number of amides is 2. The maximum absolute atomic E-state index is 10.7. The van der Waals surface area contributed by atoms with Gasteiger partial charge in [0.15, 0.2) is 0 Å². The van der Waals surface area contributed by atoms with Crippen LogP contribution in [0.3, 0.4) is 0 Å². The molecule has 0 heterocycles. The van der Waals surface area contributed by atoms with Crippen molar-refractivity contribution < 1.29 is 4.79 Å². The summed E-state index contributed by atoms with van der Waals surface area (Å²) in [5.74, 6) is 0.645. The lowest BCUT2D eigenvalue weighted by Crippen LogP contribution is -2.40. The van der Waals surface area contributed by atoms with Crippen LogP contribution in [0.15, 0.2) is 30.3 Å². The number of urea groups is 1. The Morgan fingerprint density at radius 3 is 2.24 bits per heavy atom. The molecule has 0 unspecified atom stereocenters. The van der Waals surface area contributed by atoms with Crippen LogP contribution in [0.4, 0.5) is 4.79 Å². The first-order valence-electron chi connectivity index (χ1n) is 5.86. The Labute approximate surface area is 108 Å². The number of carbonyl (C=O) groups is 1. The summed E-state index contributed by atoms with van der Waals surface area (Å²) >= 11 is 0. The first kappa shape index (κ1) is 13.8. The van der Waals surface area contributed by atoms with Gasteiger partial charge in [-0.3, -0.25) is 0 Å². The van der Waals surface area contributed by atoms with Crippen LogP contribution in [0.25, 0.3) is 0 Å². The molecule has 0 radical (unpaired) electrons. The Morgan fingerprint density at radius 2 is 1.71 bits per heavy atom. The van der Waals surface area contributed by atoms with E-state index in [4.69, 9.17) is 5.73 Å². The summed E-state index contributed by atoms with van der Waals surface area (Å²) in [7, 11) is 0. The maximum Gasteiger partial charge on any atom is 0.312 e. The number of carbonyl (C=O) groups excluding carboxylic acids is 1. The zero-order valence-electron chi connectivity index (χ0n) is 9.76. The molecule has 1 aromatic carbocycles. The number of hydrogen-bond donors (Lipinski definition) is 2. The van der Waals surface area contributed by atoms with Crippen molar-refractivity contribution in [2.75, 3.05) is 0 Å². The van der Waals surface area contributed by atoms with E-state index in [1.54, 1.807) is 0 Å². The Morgan fingerprint density at radius 1 is 1.12 bits per heavy atom. The van der Waals surface area contributed by atoms with Gasteiger partial charge in [0.25, 0.3) is 0 Å². The van der Waals surface area contributed by atoms with E-state index in [2.05, 4.69) is 29.6 Å². The van der Waals surface area contributed by atoms with Crippen molar-refractivity contribution in [2.24, 2.45) is 5.73 Å². The summed E-state index contributed by atoms with van der Waals surface area (Å²) in [6.07, 6.45) is 4.33. The van der Waals surface area contributed by atoms with Crippen molar-refractivity contribution in [3.8, 4) is 0 Å². The molecule has 1 saturated carbocycles. The third-order valence-electron chi connectivity index (χ3n) is 3.34. The quantitative estimate of drug-likeness (QED) is 0.838. The van der Waals surface area contributed by atoms with Crippen LogP contribution >= 0.6 is 12.4 Å². The number of nitrogens with two attached hydrogens (primary N) is 1. The summed E-state index contributed by atoms with van der Waals surface area (Å²) < 4.78 is 0. The largest absolute Gasteiger partial charge is 0.352 e. The number of halogens is 1. The molecule has 0 atom stereocenters.